The second kappa shape index (κ2) is 11.4. The summed E-state index contributed by atoms with van der Waals surface area (Å²) in [5, 5.41) is 3.83. The minimum absolute atomic E-state index is 0. The molecule has 0 saturated carbocycles. The van der Waals surface area contributed by atoms with Crippen LogP contribution in [-0.2, 0) is 16.6 Å². The van der Waals surface area contributed by atoms with Crippen LogP contribution >= 0.6 is 35.6 Å². The minimum atomic E-state index is -3.56. The van der Waals surface area contributed by atoms with Gasteiger partial charge in [-0.3, -0.25) is 9.98 Å². The molecule has 10 heteroatoms. The molecule has 1 heterocycles. The maximum Gasteiger partial charge on any atom is 0.242 e. The van der Waals surface area contributed by atoms with Gasteiger partial charge in [-0.2, -0.15) is 0 Å². The number of pyridine rings is 1. The maximum absolute atomic E-state index is 12.1. The molecule has 1 aromatic carbocycles. The first-order valence-corrected chi connectivity index (χ1v) is 9.84. The fourth-order valence-corrected chi connectivity index (χ4v) is 3.39. The molecule has 0 amide bonds. The number of rotatable bonds is 7. The van der Waals surface area contributed by atoms with Crippen molar-refractivity contribution in [1.82, 2.24) is 19.9 Å². The number of hydrogen-bond donors (Lipinski definition) is 2. The smallest absolute Gasteiger partial charge is 0.242 e. The first kappa shape index (κ1) is 23.6. The molecule has 0 bridgehead atoms. The molecule has 2 aromatic rings. The van der Waals surface area contributed by atoms with E-state index in [1.807, 2.05) is 36.2 Å². The highest BCUT2D eigenvalue weighted by Crippen LogP contribution is 2.11. The number of nitrogens with one attached hydrogen (secondary N) is 2. The van der Waals surface area contributed by atoms with E-state index in [9.17, 15) is 8.42 Å². The summed E-state index contributed by atoms with van der Waals surface area (Å²) in [6.07, 6.45) is 2.84. The lowest BCUT2D eigenvalue weighted by Gasteiger charge is -2.22. The Bertz CT molecular complexity index is 832. The van der Waals surface area contributed by atoms with Gasteiger partial charge in [0.25, 0.3) is 0 Å². The molecule has 2 N–H and O–H groups in total. The van der Waals surface area contributed by atoms with Crippen molar-refractivity contribution in [1.29, 1.82) is 0 Å². The van der Waals surface area contributed by atoms with Crippen molar-refractivity contribution in [3.05, 3.63) is 59.4 Å². The Labute approximate surface area is 182 Å². The summed E-state index contributed by atoms with van der Waals surface area (Å²) >= 11 is 5.89. The van der Waals surface area contributed by atoms with Gasteiger partial charge in [0.05, 0.1) is 0 Å². The zero-order valence-electron chi connectivity index (χ0n) is 15.1. The number of halogens is 2. The molecule has 0 aliphatic heterocycles. The predicted octanol–water partition coefficient (Wildman–Crippen LogP) is 2.34. The second-order valence-electron chi connectivity index (χ2n) is 5.54. The molecule has 148 valence electrons. The van der Waals surface area contributed by atoms with Crippen molar-refractivity contribution in [2.24, 2.45) is 4.99 Å². The zero-order valence-corrected chi connectivity index (χ0v) is 19.0. The number of sulfonamides is 1. The van der Waals surface area contributed by atoms with Gasteiger partial charge in [-0.1, -0.05) is 23.7 Å². The predicted molar refractivity (Wildman–Crippen MR) is 119 cm³/mol. The Morgan fingerprint density at radius 2 is 1.93 bits per heavy atom. The first-order valence-electron chi connectivity index (χ1n) is 7.98. The number of nitrogens with zero attached hydrogens (tertiary/aromatic N) is 3. The van der Waals surface area contributed by atoms with Crippen LogP contribution in [0.3, 0.4) is 0 Å². The van der Waals surface area contributed by atoms with Gasteiger partial charge in [-0.15, -0.1) is 24.0 Å². The van der Waals surface area contributed by atoms with Gasteiger partial charge in [0, 0.05) is 51.1 Å². The summed E-state index contributed by atoms with van der Waals surface area (Å²) in [6.45, 7) is 1.28. The minimum Gasteiger partial charge on any atom is -0.355 e. The van der Waals surface area contributed by atoms with E-state index in [4.69, 9.17) is 11.6 Å². The van der Waals surface area contributed by atoms with Gasteiger partial charge < -0.3 is 10.2 Å². The molecule has 0 fully saturated rings. The van der Waals surface area contributed by atoms with Gasteiger partial charge in [0.1, 0.15) is 4.90 Å². The molecule has 27 heavy (non-hydrogen) atoms. The number of guanidine groups is 1. The van der Waals surface area contributed by atoms with E-state index in [0.717, 1.165) is 5.56 Å². The summed E-state index contributed by atoms with van der Waals surface area (Å²) in [4.78, 5) is 10.1. The maximum atomic E-state index is 12.1. The average molecular weight is 524 g/mol. The van der Waals surface area contributed by atoms with E-state index in [2.05, 4.69) is 20.0 Å². The highest BCUT2D eigenvalue weighted by Gasteiger charge is 2.13. The van der Waals surface area contributed by atoms with E-state index in [-0.39, 0.29) is 35.4 Å². The number of aromatic nitrogens is 1. The monoisotopic (exact) mass is 523 g/mol. The van der Waals surface area contributed by atoms with Crippen molar-refractivity contribution in [2.45, 2.75) is 11.4 Å². The van der Waals surface area contributed by atoms with Crippen LogP contribution < -0.4 is 10.0 Å². The third-order valence-corrected chi connectivity index (χ3v) is 5.25. The number of benzene rings is 1. The molecule has 7 nitrogen and oxygen atoms in total. The summed E-state index contributed by atoms with van der Waals surface area (Å²) in [7, 11) is 0.0313. The Kier molecular flexibility index (Phi) is 9.99. The highest BCUT2D eigenvalue weighted by molar-refractivity contribution is 14.0. The van der Waals surface area contributed by atoms with Crippen molar-refractivity contribution in [3.8, 4) is 0 Å². The highest BCUT2D eigenvalue weighted by atomic mass is 127. The van der Waals surface area contributed by atoms with Crippen LogP contribution in [0.5, 0.6) is 0 Å². The molecule has 0 spiro atoms. The Morgan fingerprint density at radius 3 is 2.52 bits per heavy atom. The quantitative estimate of drug-likeness (QED) is 0.252. The molecule has 0 radical (unpaired) electrons. The molecule has 0 unspecified atom stereocenters. The number of aliphatic imine (C=N–C) groups is 1. The normalized spacial score (nSPS) is 11.6. The molecule has 1 aromatic heterocycles. The lowest BCUT2D eigenvalue weighted by Crippen LogP contribution is -2.42. The zero-order chi connectivity index (χ0) is 19.0. The molecular formula is C17H23ClIN5O2S. The Morgan fingerprint density at radius 1 is 1.22 bits per heavy atom. The number of hydrogen-bond acceptors (Lipinski definition) is 4. The van der Waals surface area contributed by atoms with Crippen LogP contribution in [0.4, 0.5) is 0 Å². The fraction of sp³-hybridized carbons (Fsp3) is 0.294. The Hall–Kier alpha value is -1.43. The van der Waals surface area contributed by atoms with Crippen LogP contribution in [0.1, 0.15) is 5.56 Å². The van der Waals surface area contributed by atoms with E-state index >= 15 is 0 Å². The van der Waals surface area contributed by atoms with Gasteiger partial charge in [0.2, 0.25) is 10.0 Å². The van der Waals surface area contributed by atoms with Gasteiger partial charge >= 0.3 is 0 Å². The first-order chi connectivity index (χ1) is 12.4. The molecule has 0 saturated heterocycles. The van der Waals surface area contributed by atoms with E-state index in [1.165, 1.54) is 18.5 Å². The summed E-state index contributed by atoms with van der Waals surface area (Å²) in [5.74, 6) is 0.667. The fourth-order valence-electron chi connectivity index (χ4n) is 2.27. The third-order valence-electron chi connectivity index (χ3n) is 3.55. The lowest BCUT2D eigenvalue weighted by atomic mass is 10.2. The van der Waals surface area contributed by atoms with Crippen molar-refractivity contribution < 1.29 is 8.42 Å². The van der Waals surface area contributed by atoms with Gasteiger partial charge in [-0.05, 0) is 29.8 Å². The molecule has 2 rings (SSSR count). The third kappa shape index (κ3) is 7.60. The van der Waals surface area contributed by atoms with Crippen LogP contribution in [0.2, 0.25) is 5.02 Å². The van der Waals surface area contributed by atoms with Crippen LogP contribution in [0.15, 0.2) is 58.7 Å². The molecule has 0 atom stereocenters. The van der Waals surface area contributed by atoms with Crippen molar-refractivity contribution in [2.75, 3.05) is 27.2 Å². The summed E-state index contributed by atoms with van der Waals surface area (Å²) < 4.78 is 26.8. The lowest BCUT2D eigenvalue weighted by molar-refractivity contribution is 0.477. The van der Waals surface area contributed by atoms with Gasteiger partial charge in [-0.25, -0.2) is 13.1 Å². The van der Waals surface area contributed by atoms with E-state index in [0.29, 0.717) is 24.1 Å². The van der Waals surface area contributed by atoms with Gasteiger partial charge in [0.15, 0.2) is 5.96 Å². The molecule has 0 aliphatic carbocycles. The second-order valence-corrected chi connectivity index (χ2v) is 7.75. The molecule has 0 aliphatic rings. The average Bonchev–Trinajstić information content (AvgIpc) is 2.64. The van der Waals surface area contributed by atoms with Crippen molar-refractivity contribution in [3.63, 3.8) is 0 Å². The largest absolute Gasteiger partial charge is 0.355 e. The standard InChI is InChI=1S/C17H22ClN5O2S.HI/c1-19-17(23(2)13-14-5-7-15(18)8-6-14)21-10-11-22-26(24,25)16-4-3-9-20-12-16;/h3-9,12,22H,10-11,13H2,1-2H3,(H,19,21);1H. The van der Waals surface area contributed by atoms with Crippen LogP contribution in [-0.4, -0.2) is 51.4 Å². The van der Waals surface area contributed by atoms with E-state index < -0.39 is 10.0 Å². The summed E-state index contributed by atoms with van der Waals surface area (Å²) in [5.41, 5.74) is 1.09. The van der Waals surface area contributed by atoms with Crippen LogP contribution in [0, 0.1) is 0 Å². The van der Waals surface area contributed by atoms with Crippen LogP contribution in [0.25, 0.3) is 0 Å². The Balaban J connectivity index is 0.00000364. The van der Waals surface area contributed by atoms with Crippen molar-refractivity contribution >= 4 is 51.6 Å². The SMILES string of the molecule is CN=C(NCCNS(=O)(=O)c1cccnc1)N(C)Cc1ccc(Cl)cc1.I. The van der Waals surface area contributed by atoms with E-state index in [1.54, 1.807) is 13.1 Å². The molecular weight excluding hydrogens is 501 g/mol. The topological polar surface area (TPSA) is 86.7 Å². The summed E-state index contributed by atoms with van der Waals surface area (Å²) in [6, 6.07) is 10.7.